The summed E-state index contributed by atoms with van der Waals surface area (Å²) in [4.78, 5) is 10.7. The molecule has 1 atom stereocenters. The highest BCUT2D eigenvalue weighted by atomic mass is 16.3. The van der Waals surface area contributed by atoms with Crippen LogP contribution in [0.5, 0.6) is 0 Å². The van der Waals surface area contributed by atoms with Gasteiger partial charge in [-0.2, -0.15) is 0 Å². The van der Waals surface area contributed by atoms with Gasteiger partial charge in [0.2, 0.25) is 0 Å². The molecule has 2 aromatic rings. The summed E-state index contributed by atoms with van der Waals surface area (Å²) < 4.78 is 0. The van der Waals surface area contributed by atoms with Crippen LogP contribution in [0.3, 0.4) is 0 Å². The molecule has 2 N–H and O–H groups in total. The molecule has 4 heteroatoms. The second kappa shape index (κ2) is 3.37. The number of rotatable bonds is 2. The molecule has 0 bridgehead atoms. The second-order valence-corrected chi connectivity index (χ2v) is 2.66. The maximum atomic E-state index is 9.76. The van der Waals surface area contributed by atoms with E-state index in [4.69, 9.17) is 0 Å². The van der Waals surface area contributed by atoms with Gasteiger partial charge in [-0.15, -0.1) is 0 Å². The molecule has 0 amide bonds. The van der Waals surface area contributed by atoms with Crippen LogP contribution < -0.4 is 0 Å². The third kappa shape index (κ3) is 1.57. The highest BCUT2D eigenvalue weighted by Crippen LogP contribution is 2.16. The van der Waals surface area contributed by atoms with E-state index in [0.29, 0.717) is 5.82 Å². The Morgan fingerprint density at radius 1 is 1.23 bits per heavy atom. The summed E-state index contributed by atoms with van der Waals surface area (Å²) in [5.41, 5.74) is 0.782. The van der Waals surface area contributed by atoms with E-state index in [2.05, 4.69) is 15.0 Å². The lowest BCUT2D eigenvalue weighted by Gasteiger charge is -2.06. The number of aromatic nitrogens is 3. The molecule has 2 heterocycles. The Morgan fingerprint density at radius 2 is 2.00 bits per heavy atom. The largest absolute Gasteiger partial charge is 0.380 e. The Kier molecular flexibility index (Phi) is 2.06. The Balaban J connectivity index is 2.29. The number of imidazole rings is 1. The molecule has 0 aliphatic carbocycles. The summed E-state index contributed by atoms with van der Waals surface area (Å²) >= 11 is 0. The SMILES string of the molecule is OC(c1ccncc1)c1ncc[nH]1. The number of pyridine rings is 1. The number of aliphatic hydroxyl groups is 1. The highest BCUT2D eigenvalue weighted by Gasteiger charge is 2.11. The van der Waals surface area contributed by atoms with Crippen LogP contribution in [0, 0.1) is 0 Å². The minimum Gasteiger partial charge on any atom is -0.380 e. The smallest absolute Gasteiger partial charge is 0.139 e. The molecular weight excluding hydrogens is 166 g/mol. The van der Waals surface area contributed by atoms with Crippen LogP contribution in [0.15, 0.2) is 36.9 Å². The summed E-state index contributed by atoms with van der Waals surface area (Å²) in [6, 6.07) is 3.51. The van der Waals surface area contributed by atoms with Gasteiger partial charge in [0, 0.05) is 24.8 Å². The number of nitrogens with one attached hydrogen (secondary N) is 1. The average Bonchev–Trinajstić information content (AvgIpc) is 2.71. The molecule has 13 heavy (non-hydrogen) atoms. The molecule has 0 saturated heterocycles. The lowest BCUT2D eigenvalue weighted by molar-refractivity contribution is 0.211. The first-order chi connectivity index (χ1) is 6.38. The molecule has 0 aliphatic rings. The Labute approximate surface area is 75.3 Å². The fourth-order valence-corrected chi connectivity index (χ4v) is 1.13. The van der Waals surface area contributed by atoms with Gasteiger partial charge in [-0.3, -0.25) is 4.98 Å². The van der Waals surface area contributed by atoms with Crippen molar-refractivity contribution in [3.63, 3.8) is 0 Å². The first kappa shape index (κ1) is 7.94. The number of nitrogens with zero attached hydrogens (tertiary/aromatic N) is 2. The van der Waals surface area contributed by atoms with Crippen LogP contribution in [0.4, 0.5) is 0 Å². The molecule has 1 unspecified atom stereocenters. The predicted octanol–water partition coefficient (Wildman–Crippen LogP) is 0.886. The number of aliphatic hydroxyl groups excluding tert-OH is 1. The van der Waals surface area contributed by atoms with Crippen molar-refractivity contribution in [2.45, 2.75) is 6.10 Å². The van der Waals surface area contributed by atoms with Gasteiger partial charge < -0.3 is 10.1 Å². The van der Waals surface area contributed by atoms with Crippen molar-refractivity contribution in [3.8, 4) is 0 Å². The predicted molar refractivity (Wildman–Crippen MR) is 46.9 cm³/mol. The van der Waals surface area contributed by atoms with Crippen LogP contribution in [0.25, 0.3) is 0 Å². The van der Waals surface area contributed by atoms with Crippen molar-refractivity contribution in [1.29, 1.82) is 0 Å². The van der Waals surface area contributed by atoms with Crippen molar-refractivity contribution in [3.05, 3.63) is 48.3 Å². The maximum absolute atomic E-state index is 9.76. The van der Waals surface area contributed by atoms with Gasteiger partial charge in [0.25, 0.3) is 0 Å². The minimum atomic E-state index is -0.696. The van der Waals surface area contributed by atoms with Gasteiger partial charge in [0.15, 0.2) is 0 Å². The number of hydrogen-bond donors (Lipinski definition) is 2. The number of H-pyrrole nitrogens is 1. The van der Waals surface area contributed by atoms with E-state index in [1.807, 2.05) is 0 Å². The van der Waals surface area contributed by atoms with Crippen LogP contribution in [-0.4, -0.2) is 20.1 Å². The first-order valence-electron chi connectivity index (χ1n) is 3.95. The fourth-order valence-electron chi connectivity index (χ4n) is 1.13. The van der Waals surface area contributed by atoms with E-state index in [9.17, 15) is 5.11 Å². The zero-order chi connectivity index (χ0) is 9.10. The third-order valence-corrected chi connectivity index (χ3v) is 1.80. The van der Waals surface area contributed by atoms with Gasteiger partial charge in [-0.05, 0) is 17.7 Å². The van der Waals surface area contributed by atoms with E-state index in [-0.39, 0.29) is 0 Å². The molecule has 0 saturated carbocycles. The summed E-state index contributed by atoms with van der Waals surface area (Å²) in [6.07, 6.45) is 5.88. The van der Waals surface area contributed by atoms with Gasteiger partial charge in [-0.1, -0.05) is 0 Å². The third-order valence-electron chi connectivity index (χ3n) is 1.80. The monoisotopic (exact) mass is 175 g/mol. The number of hydrogen-bond acceptors (Lipinski definition) is 3. The Morgan fingerprint density at radius 3 is 2.62 bits per heavy atom. The normalized spacial score (nSPS) is 12.7. The van der Waals surface area contributed by atoms with Crippen LogP contribution >= 0.6 is 0 Å². The van der Waals surface area contributed by atoms with E-state index < -0.39 is 6.10 Å². The maximum Gasteiger partial charge on any atom is 0.139 e. The Bertz CT molecular complexity index is 358. The molecule has 0 fully saturated rings. The van der Waals surface area contributed by atoms with Gasteiger partial charge in [-0.25, -0.2) is 4.98 Å². The molecule has 4 nitrogen and oxygen atoms in total. The quantitative estimate of drug-likeness (QED) is 0.712. The Hall–Kier alpha value is -1.68. The standard InChI is InChI=1S/C9H9N3O/c13-8(9-11-5-6-12-9)7-1-3-10-4-2-7/h1-6,8,13H,(H,11,12). The van der Waals surface area contributed by atoms with E-state index in [1.165, 1.54) is 0 Å². The molecule has 0 spiro atoms. The zero-order valence-corrected chi connectivity index (χ0v) is 6.88. The molecule has 0 aromatic carbocycles. The van der Waals surface area contributed by atoms with Crippen molar-refractivity contribution >= 4 is 0 Å². The van der Waals surface area contributed by atoms with Gasteiger partial charge in [0.1, 0.15) is 11.9 Å². The molecule has 0 aliphatic heterocycles. The molecule has 66 valence electrons. The number of aromatic amines is 1. The second-order valence-electron chi connectivity index (χ2n) is 2.66. The summed E-state index contributed by atoms with van der Waals surface area (Å²) in [5, 5.41) is 9.76. The summed E-state index contributed by atoms with van der Waals surface area (Å²) in [7, 11) is 0. The van der Waals surface area contributed by atoms with Gasteiger partial charge >= 0.3 is 0 Å². The first-order valence-corrected chi connectivity index (χ1v) is 3.95. The van der Waals surface area contributed by atoms with Crippen LogP contribution in [-0.2, 0) is 0 Å². The topological polar surface area (TPSA) is 61.8 Å². The van der Waals surface area contributed by atoms with Crippen molar-refractivity contribution in [2.24, 2.45) is 0 Å². The lowest BCUT2D eigenvalue weighted by atomic mass is 10.1. The minimum absolute atomic E-state index is 0.547. The van der Waals surface area contributed by atoms with Gasteiger partial charge in [0.05, 0.1) is 0 Å². The van der Waals surface area contributed by atoms with E-state index in [1.54, 1.807) is 36.9 Å². The van der Waals surface area contributed by atoms with Crippen LogP contribution in [0.2, 0.25) is 0 Å². The lowest BCUT2D eigenvalue weighted by Crippen LogP contribution is -2.01. The molecular formula is C9H9N3O. The van der Waals surface area contributed by atoms with Crippen molar-refractivity contribution < 1.29 is 5.11 Å². The average molecular weight is 175 g/mol. The molecule has 0 radical (unpaired) electrons. The van der Waals surface area contributed by atoms with Crippen LogP contribution in [0.1, 0.15) is 17.5 Å². The highest BCUT2D eigenvalue weighted by molar-refractivity contribution is 5.19. The van der Waals surface area contributed by atoms with E-state index in [0.717, 1.165) is 5.56 Å². The fraction of sp³-hybridized carbons (Fsp3) is 0.111. The van der Waals surface area contributed by atoms with Crippen molar-refractivity contribution in [1.82, 2.24) is 15.0 Å². The van der Waals surface area contributed by atoms with Crippen molar-refractivity contribution in [2.75, 3.05) is 0 Å². The summed E-state index contributed by atoms with van der Waals surface area (Å²) in [6.45, 7) is 0. The summed E-state index contributed by atoms with van der Waals surface area (Å²) in [5.74, 6) is 0.547. The molecule has 2 aromatic heterocycles. The molecule has 2 rings (SSSR count). The van der Waals surface area contributed by atoms with E-state index >= 15 is 0 Å². The zero-order valence-electron chi connectivity index (χ0n) is 6.88.